The monoisotopic (exact) mass is 475 g/mol. The van der Waals surface area contributed by atoms with Gasteiger partial charge in [0.05, 0.1) is 6.33 Å². The first-order valence-electron chi connectivity index (χ1n) is 11.1. The molecule has 4 unspecified atom stereocenters. The van der Waals surface area contributed by atoms with E-state index in [1.807, 2.05) is 31.2 Å². The Hall–Kier alpha value is -3.93. The van der Waals surface area contributed by atoms with Crippen LogP contribution in [-0.2, 0) is 16.1 Å². The number of rotatable bonds is 6. The number of nitrogens with zero attached hydrogens (tertiary/aromatic N) is 5. The predicted molar refractivity (Wildman–Crippen MR) is 127 cm³/mol. The number of aliphatic hydroxyl groups excluding tert-OH is 2. The number of hydrogen-bond acceptors (Lipinski definition) is 9. The lowest BCUT2D eigenvalue weighted by Crippen LogP contribution is -2.41. The highest BCUT2D eigenvalue weighted by molar-refractivity contribution is 5.85. The number of benzene rings is 1. The third-order valence-electron chi connectivity index (χ3n) is 5.90. The number of imidazole rings is 1. The second kappa shape index (κ2) is 9.37. The van der Waals surface area contributed by atoms with Gasteiger partial charge in [-0.15, -0.1) is 0 Å². The average molecular weight is 476 g/mol. The molecule has 11 nitrogen and oxygen atoms in total. The first-order valence-corrected chi connectivity index (χ1v) is 11.1. The van der Waals surface area contributed by atoms with Crippen LogP contribution in [0, 0.1) is 6.92 Å². The van der Waals surface area contributed by atoms with Crippen molar-refractivity contribution in [1.29, 1.82) is 0 Å². The topological polar surface area (TPSA) is 147 Å². The van der Waals surface area contributed by atoms with Crippen molar-refractivity contribution in [2.24, 2.45) is 0 Å². The number of ether oxygens (including phenoxy) is 1. The summed E-state index contributed by atoms with van der Waals surface area (Å²) in [5.74, 6) is 0.356. The third kappa shape index (κ3) is 4.32. The van der Waals surface area contributed by atoms with Crippen molar-refractivity contribution < 1.29 is 19.7 Å². The zero-order chi connectivity index (χ0) is 24.5. The molecule has 4 N–H and O–H groups in total. The van der Waals surface area contributed by atoms with E-state index in [9.17, 15) is 15.0 Å². The molecule has 0 saturated carbocycles. The number of aryl methyl sites for hydroxylation is 1. The summed E-state index contributed by atoms with van der Waals surface area (Å²) in [6, 6.07) is 11.7. The van der Waals surface area contributed by atoms with Crippen molar-refractivity contribution in [3.8, 4) is 11.4 Å². The molecule has 180 valence electrons. The highest BCUT2D eigenvalue weighted by atomic mass is 16.6. The van der Waals surface area contributed by atoms with E-state index in [0.717, 1.165) is 11.1 Å². The van der Waals surface area contributed by atoms with Crippen LogP contribution < -0.4 is 10.6 Å². The lowest BCUT2D eigenvalue weighted by atomic mass is 10.1. The number of fused-ring (bicyclic) bond motifs is 1. The second-order valence-corrected chi connectivity index (χ2v) is 8.35. The van der Waals surface area contributed by atoms with Crippen LogP contribution in [0.15, 0.2) is 55.1 Å². The molecule has 4 atom stereocenters. The van der Waals surface area contributed by atoms with E-state index in [1.54, 1.807) is 18.5 Å². The Labute approximate surface area is 200 Å². The Kier molecular flexibility index (Phi) is 6.12. The second-order valence-electron chi connectivity index (χ2n) is 8.35. The van der Waals surface area contributed by atoms with Crippen LogP contribution in [0.2, 0.25) is 0 Å². The highest BCUT2D eigenvalue weighted by Gasteiger charge is 2.47. The Balaban J connectivity index is 1.57. The minimum Gasteiger partial charge on any atom is -0.387 e. The van der Waals surface area contributed by atoms with Gasteiger partial charge in [-0.3, -0.25) is 14.3 Å². The van der Waals surface area contributed by atoms with Crippen LogP contribution in [0.3, 0.4) is 0 Å². The van der Waals surface area contributed by atoms with Gasteiger partial charge in [0.25, 0.3) is 5.91 Å². The van der Waals surface area contributed by atoms with Crippen LogP contribution in [0.4, 0.5) is 5.82 Å². The molecule has 0 spiro atoms. The molecular formula is C24H25N7O4. The SMILES string of the molecule is CNC(=O)C1OC(n2cnc3c(NCc4cccc(C)c4)nc(-c4cccnc4)nc32)C(O)C1O. The van der Waals surface area contributed by atoms with Gasteiger partial charge in [-0.1, -0.05) is 29.8 Å². The standard InChI is InChI=1S/C24H25N7O4/c1-13-5-3-6-14(9-13)10-27-21-16-22(30-20(29-21)15-7-4-8-26-11-15)31(12-28-16)24-18(33)17(32)19(35-24)23(34)25-2/h3-9,11-12,17-19,24,32-33H,10H2,1-2H3,(H,25,34)(H,27,29,30). The predicted octanol–water partition coefficient (Wildman–Crippen LogP) is 1.17. The largest absolute Gasteiger partial charge is 0.387 e. The summed E-state index contributed by atoms with van der Waals surface area (Å²) in [5.41, 5.74) is 3.74. The van der Waals surface area contributed by atoms with Crippen LogP contribution in [-0.4, -0.2) is 66.0 Å². The van der Waals surface area contributed by atoms with Gasteiger partial charge >= 0.3 is 0 Å². The summed E-state index contributed by atoms with van der Waals surface area (Å²) >= 11 is 0. The normalized spacial score (nSPS) is 21.8. The maximum Gasteiger partial charge on any atom is 0.251 e. The number of amides is 1. The van der Waals surface area contributed by atoms with E-state index in [-0.39, 0.29) is 0 Å². The average Bonchev–Trinajstić information content (AvgIpc) is 3.43. The molecule has 5 rings (SSSR count). The molecule has 1 aliphatic heterocycles. The van der Waals surface area contributed by atoms with E-state index in [0.29, 0.717) is 34.9 Å². The molecule has 0 aliphatic carbocycles. The molecule has 1 amide bonds. The number of carbonyl (C=O) groups is 1. The molecule has 1 aromatic carbocycles. The van der Waals surface area contributed by atoms with E-state index < -0.39 is 30.4 Å². The van der Waals surface area contributed by atoms with E-state index >= 15 is 0 Å². The molecule has 4 heterocycles. The number of likely N-dealkylation sites (N-methyl/N-ethyl adjacent to an activating group) is 1. The molecule has 35 heavy (non-hydrogen) atoms. The van der Waals surface area contributed by atoms with Crippen molar-refractivity contribution in [3.63, 3.8) is 0 Å². The van der Waals surface area contributed by atoms with Crippen molar-refractivity contribution in [1.82, 2.24) is 29.8 Å². The van der Waals surface area contributed by atoms with E-state index in [1.165, 1.54) is 17.9 Å². The minimum absolute atomic E-state index is 0.374. The van der Waals surface area contributed by atoms with Crippen LogP contribution in [0.1, 0.15) is 17.4 Å². The molecule has 3 aromatic heterocycles. The number of pyridine rings is 1. The summed E-state index contributed by atoms with van der Waals surface area (Å²) in [6.07, 6.45) is -0.303. The van der Waals surface area contributed by atoms with Gasteiger partial charge in [-0.2, -0.15) is 0 Å². The third-order valence-corrected chi connectivity index (χ3v) is 5.90. The Bertz CT molecular complexity index is 1360. The Morgan fingerprint density at radius 3 is 2.77 bits per heavy atom. The summed E-state index contributed by atoms with van der Waals surface area (Å²) in [7, 11) is 1.43. The molecule has 4 aromatic rings. The van der Waals surface area contributed by atoms with E-state index in [4.69, 9.17) is 4.74 Å². The van der Waals surface area contributed by atoms with Gasteiger partial charge in [0.2, 0.25) is 0 Å². The van der Waals surface area contributed by atoms with Gasteiger partial charge in [0.15, 0.2) is 35.1 Å². The quantitative estimate of drug-likeness (QED) is 0.323. The summed E-state index contributed by atoms with van der Waals surface area (Å²) < 4.78 is 7.24. The molecular weight excluding hydrogens is 450 g/mol. The molecule has 0 bridgehead atoms. The van der Waals surface area contributed by atoms with Gasteiger partial charge in [-0.25, -0.2) is 15.0 Å². The summed E-state index contributed by atoms with van der Waals surface area (Å²) in [4.78, 5) is 30.1. The van der Waals surface area contributed by atoms with Gasteiger partial charge in [-0.05, 0) is 24.6 Å². The number of anilines is 1. The maximum absolute atomic E-state index is 12.1. The van der Waals surface area contributed by atoms with Crippen molar-refractivity contribution in [2.45, 2.75) is 38.0 Å². The number of aromatic nitrogens is 5. The fourth-order valence-corrected chi connectivity index (χ4v) is 4.11. The Morgan fingerprint density at radius 1 is 1.17 bits per heavy atom. The maximum atomic E-state index is 12.1. The lowest BCUT2D eigenvalue weighted by molar-refractivity contribution is -0.137. The molecule has 1 saturated heterocycles. The summed E-state index contributed by atoms with van der Waals surface area (Å²) in [5, 5.41) is 26.8. The highest BCUT2D eigenvalue weighted by Crippen LogP contribution is 2.33. The first kappa shape index (κ1) is 22.8. The minimum atomic E-state index is -1.41. The lowest BCUT2D eigenvalue weighted by Gasteiger charge is -2.17. The first-order chi connectivity index (χ1) is 17.0. The zero-order valence-corrected chi connectivity index (χ0v) is 19.2. The molecule has 1 fully saturated rings. The van der Waals surface area contributed by atoms with Crippen LogP contribution in [0.25, 0.3) is 22.6 Å². The molecule has 11 heteroatoms. The number of aliphatic hydroxyl groups is 2. The van der Waals surface area contributed by atoms with Gasteiger partial charge in [0, 0.05) is 31.5 Å². The smallest absolute Gasteiger partial charge is 0.251 e. The number of nitrogens with one attached hydrogen (secondary N) is 2. The summed E-state index contributed by atoms with van der Waals surface area (Å²) in [6.45, 7) is 2.54. The zero-order valence-electron chi connectivity index (χ0n) is 19.2. The number of carbonyl (C=O) groups excluding carboxylic acids is 1. The van der Waals surface area contributed by atoms with Crippen LogP contribution >= 0.6 is 0 Å². The fourth-order valence-electron chi connectivity index (χ4n) is 4.11. The van der Waals surface area contributed by atoms with Crippen molar-refractivity contribution >= 4 is 22.9 Å². The van der Waals surface area contributed by atoms with Crippen molar-refractivity contribution in [3.05, 3.63) is 66.2 Å². The molecule has 1 aliphatic rings. The molecule has 0 radical (unpaired) electrons. The van der Waals surface area contributed by atoms with Gasteiger partial charge in [0.1, 0.15) is 12.2 Å². The Morgan fingerprint density at radius 2 is 2.03 bits per heavy atom. The van der Waals surface area contributed by atoms with Gasteiger partial charge < -0.3 is 25.6 Å². The number of hydrogen-bond donors (Lipinski definition) is 4. The van der Waals surface area contributed by atoms with Crippen LogP contribution in [0.5, 0.6) is 0 Å². The van der Waals surface area contributed by atoms with Crippen molar-refractivity contribution in [2.75, 3.05) is 12.4 Å². The fraction of sp³-hybridized carbons (Fsp3) is 0.292. The van der Waals surface area contributed by atoms with E-state index in [2.05, 4.69) is 36.6 Å².